The topological polar surface area (TPSA) is 89.8 Å². The molecule has 1 aliphatic heterocycles. The molecule has 1 unspecified atom stereocenters. The molecule has 3 rings (SSSR count). The maximum atomic E-state index is 12.3. The lowest BCUT2D eigenvalue weighted by molar-refractivity contribution is -0.384. The number of halogens is 1. The zero-order valence-corrected chi connectivity index (χ0v) is 16.7. The second kappa shape index (κ2) is 9.05. The fourth-order valence-electron chi connectivity index (χ4n) is 3.41. The third-order valence-electron chi connectivity index (χ3n) is 4.91. The Hall–Kier alpha value is -2.93. The molecule has 1 atom stereocenters. The maximum absolute atomic E-state index is 12.3. The Morgan fingerprint density at radius 1 is 1.21 bits per heavy atom. The molecule has 8 heteroatoms. The van der Waals surface area contributed by atoms with Crippen molar-refractivity contribution in [1.82, 2.24) is 0 Å². The van der Waals surface area contributed by atoms with Gasteiger partial charge in [0.15, 0.2) is 12.4 Å². The first kappa shape index (κ1) is 20.8. The summed E-state index contributed by atoms with van der Waals surface area (Å²) in [4.78, 5) is 37.5. The highest BCUT2D eigenvalue weighted by Gasteiger charge is 2.25. The van der Waals surface area contributed by atoms with Gasteiger partial charge in [-0.25, -0.2) is 4.79 Å². The summed E-state index contributed by atoms with van der Waals surface area (Å²) in [5.74, 6) is -0.718. The normalized spacial score (nSPS) is 16.3. The van der Waals surface area contributed by atoms with Crippen LogP contribution in [0.4, 0.5) is 11.4 Å². The Labute approximate surface area is 173 Å². The molecule has 1 aliphatic rings. The number of carbonyl (C=O) groups is 2. The second-order valence-electron chi connectivity index (χ2n) is 7.16. The maximum Gasteiger partial charge on any atom is 0.338 e. The quantitative estimate of drug-likeness (QED) is 0.297. The van der Waals surface area contributed by atoms with E-state index in [2.05, 4.69) is 6.92 Å². The van der Waals surface area contributed by atoms with Gasteiger partial charge in [-0.05, 0) is 55.2 Å². The van der Waals surface area contributed by atoms with Gasteiger partial charge in [0.1, 0.15) is 5.69 Å². The predicted molar refractivity (Wildman–Crippen MR) is 110 cm³/mol. The fraction of sp³-hybridized carbons (Fsp3) is 0.333. The molecule has 0 saturated carbocycles. The lowest BCUT2D eigenvalue weighted by atomic mass is 9.99. The van der Waals surface area contributed by atoms with E-state index >= 15 is 0 Å². The summed E-state index contributed by atoms with van der Waals surface area (Å²) in [6.07, 6.45) is 2.06. The molecule has 7 nitrogen and oxygen atoms in total. The van der Waals surface area contributed by atoms with E-state index in [4.69, 9.17) is 16.3 Å². The number of carbonyl (C=O) groups excluding carboxylic acids is 2. The molecule has 1 heterocycles. The Morgan fingerprint density at radius 3 is 2.55 bits per heavy atom. The van der Waals surface area contributed by atoms with Crippen molar-refractivity contribution in [3.63, 3.8) is 0 Å². The number of nitro benzene ring substituents is 1. The summed E-state index contributed by atoms with van der Waals surface area (Å²) in [6, 6.07) is 10.5. The molecule has 0 spiro atoms. The average molecular weight is 417 g/mol. The Morgan fingerprint density at radius 2 is 1.90 bits per heavy atom. The monoisotopic (exact) mass is 416 g/mol. The molecular weight excluding hydrogens is 396 g/mol. The van der Waals surface area contributed by atoms with Gasteiger partial charge >= 0.3 is 5.97 Å². The number of hydrogen-bond donors (Lipinski definition) is 0. The van der Waals surface area contributed by atoms with Crippen molar-refractivity contribution in [3.8, 4) is 0 Å². The van der Waals surface area contributed by atoms with Gasteiger partial charge in [-0.2, -0.15) is 0 Å². The van der Waals surface area contributed by atoms with E-state index in [1.807, 2.05) is 4.90 Å². The molecular formula is C21H21ClN2O5. The first-order valence-corrected chi connectivity index (χ1v) is 9.72. The van der Waals surface area contributed by atoms with E-state index in [1.165, 1.54) is 24.3 Å². The first-order valence-electron chi connectivity index (χ1n) is 9.34. The van der Waals surface area contributed by atoms with Crippen LogP contribution in [0.3, 0.4) is 0 Å². The summed E-state index contributed by atoms with van der Waals surface area (Å²) in [7, 11) is 0. The molecule has 0 aromatic heterocycles. The minimum atomic E-state index is -0.783. The highest BCUT2D eigenvalue weighted by Crippen LogP contribution is 2.32. The molecule has 0 N–H and O–H groups in total. The van der Waals surface area contributed by atoms with Crippen LogP contribution in [0.1, 0.15) is 40.5 Å². The highest BCUT2D eigenvalue weighted by molar-refractivity contribution is 6.30. The van der Waals surface area contributed by atoms with Crippen LogP contribution < -0.4 is 4.90 Å². The molecule has 0 bridgehead atoms. The fourth-order valence-corrected chi connectivity index (χ4v) is 3.53. The van der Waals surface area contributed by atoms with Crippen LogP contribution in [0, 0.1) is 16.0 Å². The van der Waals surface area contributed by atoms with Crippen molar-refractivity contribution in [2.75, 3.05) is 24.6 Å². The van der Waals surface area contributed by atoms with Crippen molar-refractivity contribution in [3.05, 3.63) is 68.7 Å². The lowest BCUT2D eigenvalue weighted by Gasteiger charge is -2.32. The van der Waals surface area contributed by atoms with Crippen LogP contribution in [-0.4, -0.2) is 36.4 Å². The number of esters is 1. The number of piperidine rings is 1. The highest BCUT2D eigenvalue weighted by atomic mass is 35.5. The number of anilines is 1. The number of nitrogens with zero attached hydrogens (tertiary/aromatic N) is 2. The smallest absolute Gasteiger partial charge is 0.338 e. The molecule has 29 heavy (non-hydrogen) atoms. The minimum Gasteiger partial charge on any atom is -0.454 e. The molecule has 152 valence electrons. The van der Waals surface area contributed by atoms with Gasteiger partial charge in [0.25, 0.3) is 5.69 Å². The molecule has 0 aliphatic carbocycles. The van der Waals surface area contributed by atoms with Gasteiger partial charge in [-0.15, -0.1) is 0 Å². The van der Waals surface area contributed by atoms with Crippen LogP contribution >= 0.6 is 11.6 Å². The summed E-state index contributed by atoms with van der Waals surface area (Å²) in [5.41, 5.74) is 0.755. The van der Waals surface area contributed by atoms with Crippen molar-refractivity contribution in [2.24, 2.45) is 5.92 Å². The zero-order chi connectivity index (χ0) is 21.0. The molecule has 0 amide bonds. The van der Waals surface area contributed by atoms with Crippen molar-refractivity contribution >= 4 is 34.7 Å². The SMILES string of the molecule is CC1CCCN(c2ccc(C(=O)OCC(=O)c3ccc(Cl)cc3)cc2[N+](=O)[O-])C1. The van der Waals surface area contributed by atoms with Crippen molar-refractivity contribution in [1.29, 1.82) is 0 Å². The number of ether oxygens (including phenoxy) is 1. The third-order valence-corrected chi connectivity index (χ3v) is 5.16. The number of hydrogen-bond acceptors (Lipinski definition) is 6. The summed E-state index contributed by atoms with van der Waals surface area (Å²) in [5, 5.41) is 12.1. The lowest BCUT2D eigenvalue weighted by Crippen LogP contribution is -2.34. The Balaban J connectivity index is 1.72. The van der Waals surface area contributed by atoms with Gasteiger partial charge in [0, 0.05) is 29.7 Å². The number of nitro groups is 1. The van der Waals surface area contributed by atoms with Gasteiger partial charge < -0.3 is 9.64 Å². The largest absolute Gasteiger partial charge is 0.454 e. The van der Waals surface area contributed by atoms with Crippen LogP contribution in [-0.2, 0) is 4.74 Å². The number of rotatable bonds is 6. The van der Waals surface area contributed by atoms with Crippen LogP contribution in [0.5, 0.6) is 0 Å². The van der Waals surface area contributed by atoms with E-state index in [0.717, 1.165) is 25.9 Å². The van der Waals surface area contributed by atoms with E-state index in [0.29, 0.717) is 22.2 Å². The molecule has 1 fully saturated rings. The van der Waals surface area contributed by atoms with Gasteiger partial charge in [-0.1, -0.05) is 18.5 Å². The van der Waals surface area contributed by atoms with E-state index in [1.54, 1.807) is 18.2 Å². The molecule has 2 aromatic rings. The molecule has 1 saturated heterocycles. The number of benzene rings is 2. The first-order chi connectivity index (χ1) is 13.8. The summed E-state index contributed by atoms with van der Waals surface area (Å²) in [6.45, 7) is 3.13. The Bertz CT molecular complexity index is 929. The van der Waals surface area contributed by atoms with Gasteiger partial charge in [0.05, 0.1) is 10.5 Å². The minimum absolute atomic E-state index is 0.0365. The predicted octanol–water partition coefficient (Wildman–Crippen LogP) is 4.52. The standard InChI is InChI=1S/C21H21ClN2O5/c1-14-3-2-10-23(12-14)18-9-6-16(11-19(18)24(27)28)21(26)29-13-20(25)15-4-7-17(22)8-5-15/h4-9,11,14H,2-3,10,12-13H2,1H3. The molecule has 2 aromatic carbocycles. The van der Waals surface area contributed by atoms with E-state index < -0.39 is 17.5 Å². The van der Waals surface area contributed by atoms with Gasteiger partial charge in [0.2, 0.25) is 0 Å². The summed E-state index contributed by atoms with van der Waals surface area (Å²) < 4.78 is 5.05. The van der Waals surface area contributed by atoms with Crippen molar-refractivity contribution in [2.45, 2.75) is 19.8 Å². The van der Waals surface area contributed by atoms with Gasteiger partial charge in [-0.3, -0.25) is 14.9 Å². The number of Topliss-reactive ketones (excluding diaryl/α,β-unsaturated/α-hetero) is 1. The molecule has 0 radical (unpaired) electrons. The van der Waals surface area contributed by atoms with E-state index in [9.17, 15) is 19.7 Å². The van der Waals surface area contributed by atoms with Crippen LogP contribution in [0.25, 0.3) is 0 Å². The van der Waals surface area contributed by atoms with Crippen LogP contribution in [0.2, 0.25) is 5.02 Å². The average Bonchev–Trinajstić information content (AvgIpc) is 2.71. The third kappa shape index (κ3) is 5.12. The number of ketones is 1. The summed E-state index contributed by atoms with van der Waals surface area (Å²) >= 11 is 5.79. The Kier molecular flexibility index (Phi) is 6.49. The zero-order valence-electron chi connectivity index (χ0n) is 16.0. The van der Waals surface area contributed by atoms with Crippen molar-refractivity contribution < 1.29 is 19.2 Å². The second-order valence-corrected chi connectivity index (χ2v) is 7.60. The van der Waals surface area contributed by atoms with E-state index in [-0.39, 0.29) is 17.0 Å². The van der Waals surface area contributed by atoms with Crippen LogP contribution in [0.15, 0.2) is 42.5 Å².